The van der Waals surface area contributed by atoms with Gasteiger partial charge < -0.3 is 10.1 Å². The Hall–Kier alpha value is -2.91. The summed E-state index contributed by atoms with van der Waals surface area (Å²) in [5.74, 6) is -2.69. The molecule has 0 aliphatic carbocycles. The molecule has 29 heavy (non-hydrogen) atoms. The zero-order valence-corrected chi connectivity index (χ0v) is 17.7. The van der Waals surface area contributed by atoms with Crippen LogP contribution < -0.4 is 10.2 Å². The first-order valence-electron chi connectivity index (χ1n) is 8.66. The lowest BCUT2D eigenvalue weighted by Crippen LogP contribution is -2.58. The number of hydrogen-bond donors (Lipinski definition) is 1. The van der Waals surface area contributed by atoms with E-state index in [4.69, 9.17) is 17.0 Å². The van der Waals surface area contributed by atoms with E-state index in [2.05, 4.69) is 26.2 Å². The Morgan fingerprint density at radius 1 is 1.28 bits per heavy atom. The minimum atomic E-state index is -1.16. The maximum Gasteiger partial charge on any atom is 0.338 e. The topological polar surface area (TPSA) is 88.1 Å². The van der Waals surface area contributed by atoms with Gasteiger partial charge in [0.1, 0.15) is 0 Å². The van der Waals surface area contributed by atoms with E-state index >= 15 is 0 Å². The predicted molar refractivity (Wildman–Crippen MR) is 116 cm³/mol. The number of aliphatic imine (C=N–C) groups is 1. The normalized spacial score (nSPS) is 16.8. The van der Waals surface area contributed by atoms with Crippen molar-refractivity contribution < 1.29 is 19.1 Å². The van der Waals surface area contributed by atoms with Crippen molar-refractivity contribution in [2.24, 2.45) is 10.9 Å². The lowest BCUT2D eigenvalue weighted by Gasteiger charge is -2.30. The molecule has 1 N–H and O–H groups in total. The summed E-state index contributed by atoms with van der Waals surface area (Å²) in [7, 11) is 0. The van der Waals surface area contributed by atoms with Crippen LogP contribution in [0.4, 0.5) is 11.4 Å². The van der Waals surface area contributed by atoms with Crippen LogP contribution in [0.1, 0.15) is 17.3 Å². The highest BCUT2D eigenvalue weighted by Crippen LogP contribution is 2.23. The summed E-state index contributed by atoms with van der Waals surface area (Å²) < 4.78 is 5.81. The van der Waals surface area contributed by atoms with Crippen LogP contribution in [0.5, 0.6) is 0 Å². The van der Waals surface area contributed by atoms with Gasteiger partial charge in [-0.25, -0.2) is 4.79 Å². The van der Waals surface area contributed by atoms with Crippen molar-refractivity contribution in [2.75, 3.05) is 11.5 Å². The molecule has 0 unspecified atom stereocenters. The monoisotopic (exact) mass is 473 g/mol. The van der Waals surface area contributed by atoms with Crippen LogP contribution in [0.2, 0.25) is 0 Å². The molecule has 9 heteroatoms. The second kappa shape index (κ2) is 9.06. The Kier molecular flexibility index (Phi) is 6.50. The number of thiocarbonyl (C=S) groups is 1. The molecule has 1 heterocycles. The lowest BCUT2D eigenvalue weighted by atomic mass is 10.1. The zero-order valence-electron chi connectivity index (χ0n) is 15.3. The first kappa shape index (κ1) is 20.8. The molecule has 1 atom stereocenters. The Balaban J connectivity index is 1.84. The van der Waals surface area contributed by atoms with Gasteiger partial charge in [-0.05, 0) is 61.6 Å². The SMILES string of the molecule is CCOC(=O)c1cccc(N=C[C@@H]2C(=O)NC(=S)N(c3ccc(Br)cc3)C2=O)c1. The van der Waals surface area contributed by atoms with Gasteiger partial charge in [0.15, 0.2) is 11.0 Å². The maximum absolute atomic E-state index is 12.9. The Labute approximate surface area is 180 Å². The molecule has 1 aliphatic rings. The van der Waals surface area contributed by atoms with E-state index in [1.54, 1.807) is 49.4 Å². The summed E-state index contributed by atoms with van der Waals surface area (Å²) in [5.41, 5.74) is 1.28. The molecule has 1 saturated heterocycles. The van der Waals surface area contributed by atoms with E-state index in [9.17, 15) is 14.4 Å². The first-order chi connectivity index (χ1) is 13.9. The molecule has 2 aromatic carbocycles. The molecular weight excluding hydrogens is 458 g/mol. The zero-order chi connectivity index (χ0) is 21.0. The van der Waals surface area contributed by atoms with E-state index in [1.165, 1.54) is 17.2 Å². The average molecular weight is 474 g/mol. The van der Waals surface area contributed by atoms with Crippen LogP contribution in [0.15, 0.2) is 58.0 Å². The maximum atomic E-state index is 12.9. The molecule has 7 nitrogen and oxygen atoms in total. The number of benzene rings is 2. The largest absolute Gasteiger partial charge is 0.462 e. The van der Waals surface area contributed by atoms with Crippen LogP contribution in [0.3, 0.4) is 0 Å². The molecule has 0 aromatic heterocycles. The Morgan fingerprint density at radius 2 is 2.00 bits per heavy atom. The smallest absolute Gasteiger partial charge is 0.338 e. The molecule has 1 aliphatic heterocycles. The second-order valence-electron chi connectivity index (χ2n) is 5.97. The highest BCUT2D eigenvalue weighted by atomic mass is 79.9. The summed E-state index contributed by atoms with van der Waals surface area (Å²) in [4.78, 5) is 42.5. The van der Waals surface area contributed by atoms with Gasteiger partial charge in [-0.3, -0.25) is 19.5 Å². The number of ether oxygens (including phenoxy) is 1. The van der Waals surface area contributed by atoms with Crippen LogP contribution in [-0.4, -0.2) is 35.7 Å². The van der Waals surface area contributed by atoms with Crippen molar-refractivity contribution in [2.45, 2.75) is 6.92 Å². The van der Waals surface area contributed by atoms with Gasteiger partial charge >= 0.3 is 5.97 Å². The third-order valence-corrected chi connectivity index (χ3v) is 4.83. The minimum Gasteiger partial charge on any atom is -0.462 e. The minimum absolute atomic E-state index is 0.0104. The number of amides is 2. The number of nitrogens with zero attached hydrogens (tertiary/aromatic N) is 2. The molecule has 148 valence electrons. The van der Waals surface area contributed by atoms with Gasteiger partial charge in [-0.1, -0.05) is 22.0 Å². The van der Waals surface area contributed by atoms with E-state index in [0.29, 0.717) is 16.9 Å². The van der Waals surface area contributed by atoms with E-state index in [1.807, 2.05) is 0 Å². The molecule has 0 bridgehead atoms. The van der Waals surface area contributed by atoms with Crippen molar-refractivity contribution in [1.82, 2.24) is 5.32 Å². The van der Waals surface area contributed by atoms with Crippen molar-refractivity contribution in [3.05, 3.63) is 58.6 Å². The van der Waals surface area contributed by atoms with Crippen LogP contribution >= 0.6 is 28.1 Å². The summed E-state index contributed by atoms with van der Waals surface area (Å²) in [6, 6.07) is 13.4. The number of anilines is 1. The molecular formula is C20H16BrN3O4S. The van der Waals surface area contributed by atoms with Crippen LogP contribution in [0, 0.1) is 5.92 Å². The average Bonchev–Trinajstić information content (AvgIpc) is 2.69. The summed E-state index contributed by atoms with van der Waals surface area (Å²) in [5, 5.41) is 2.54. The van der Waals surface area contributed by atoms with Gasteiger partial charge in [0.25, 0.3) is 5.91 Å². The number of esters is 1. The van der Waals surface area contributed by atoms with Crippen molar-refractivity contribution >= 4 is 68.6 Å². The number of rotatable bonds is 5. The lowest BCUT2D eigenvalue weighted by molar-refractivity contribution is -0.130. The van der Waals surface area contributed by atoms with E-state index in [0.717, 1.165) is 4.47 Å². The Morgan fingerprint density at radius 3 is 2.69 bits per heavy atom. The van der Waals surface area contributed by atoms with Crippen molar-refractivity contribution in [3.8, 4) is 0 Å². The molecule has 0 saturated carbocycles. The van der Waals surface area contributed by atoms with Crippen LogP contribution in [0.25, 0.3) is 0 Å². The molecule has 0 spiro atoms. The number of nitrogens with one attached hydrogen (secondary N) is 1. The van der Waals surface area contributed by atoms with Gasteiger partial charge in [0.05, 0.1) is 23.5 Å². The molecule has 3 rings (SSSR count). The highest BCUT2D eigenvalue weighted by molar-refractivity contribution is 9.10. The number of carbonyl (C=O) groups excluding carboxylic acids is 3. The second-order valence-corrected chi connectivity index (χ2v) is 7.27. The fourth-order valence-electron chi connectivity index (χ4n) is 2.64. The standard InChI is InChI=1S/C20H16BrN3O4S/c1-2-28-19(27)12-4-3-5-14(10-12)22-11-16-17(25)23-20(29)24(18(16)26)15-8-6-13(21)7-9-15/h3-11,16H,2H2,1H3,(H,23,25,29)/t16-/m1/s1. The van der Waals surface area contributed by atoms with Crippen molar-refractivity contribution in [3.63, 3.8) is 0 Å². The van der Waals surface area contributed by atoms with Crippen LogP contribution in [-0.2, 0) is 14.3 Å². The fourth-order valence-corrected chi connectivity index (χ4v) is 3.20. The summed E-state index contributed by atoms with van der Waals surface area (Å²) in [6.45, 7) is 1.98. The number of hydrogen-bond acceptors (Lipinski definition) is 6. The number of carbonyl (C=O) groups is 3. The molecule has 2 aromatic rings. The summed E-state index contributed by atoms with van der Waals surface area (Å²) >= 11 is 8.50. The third-order valence-electron chi connectivity index (χ3n) is 4.02. The number of halogens is 1. The molecule has 1 fully saturated rings. The predicted octanol–water partition coefficient (Wildman–Crippen LogP) is 3.39. The molecule has 2 amide bonds. The van der Waals surface area contributed by atoms with Crippen molar-refractivity contribution in [1.29, 1.82) is 0 Å². The Bertz CT molecular complexity index is 1010. The van der Waals surface area contributed by atoms with E-state index < -0.39 is 23.7 Å². The van der Waals surface area contributed by atoms with Gasteiger partial charge in [-0.2, -0.15) is 0 Å². The first-order valence-corrected chi connectivity index (χ1v) is 9.86. The van der Waals surface area contributed by atoms with Gasteiger partial charge in [-0.15, -0.1) is 0 Å². The molecule has 0 radical (unpaired) electrons. The fraction of sp³-hybridized carbons (Fsp3) is 0.150. The third kappa shape index (κ3) is 4.75. The summed E-state index contributed by atoms with van der Waals surface area (Å²) in [6.07, 6.45) is 1.25. The van der Waals surface area contributed by atoms with E-state index in [-0.39, 0.29) is 11.7 Å². The highest BCUT2D eigenvalue weighted by Gasteiger charge is 2.38. The quantitative estimate of drug-likeness (QED) is 0.311. The van der Waals surface area contributed by atoms with Gasteiger partial charge in [0, 0.05) is 10.7 Å². The van der Waals surface area contributed by atoms with Gasteiger partial charge in [0.2, 0.25) is 5.91 Å².